The highest BCUT2D eigenvalue weighted by atomic mass is 32.1. The molecule has 72 valence electrons. The summed E-state index contributed by atoms with van der Waals surface area (Å²) < 4.78 is 0. The van der Waals surface area contributed by atoms with Crippen molar-refractivity contribution in [2.75, 3.05) is 14.1 Å². The van der Waals surface area contributed by atoms with E-state index in [9.17, 15) is 4.79 Å². The van der Waals surface area contributed by atoms with Crippen LogP contribution in [0, 0.1) is 0 Å². The topological polar surface area (TPSA) is 20.3 Å². The Morgan fingerprint density at radius 3 is 2.42 bits per heavy atom. The van der Waals surface area contributed by atoms with Crippen LogP contribution in [0.25, 0.3) is 0 Å². The van der Waals surface area contributed by atoms with Crippen LogP contribution in [-0.2, 0) is 4.79 Å². The van der Waals surface area contributed by atoms with Gasteiger partial charge in [-0.3, -0.25) is 4.79 Å². The summed E-state index contributed by atoms with van der Waals surface area (Å²) in [6.07, 6.45) is 3.77. The number of carbonyl (C=O) groups is 1. The van der Waals surface area contributed by atoms with Gasteiger partial charge in [-0.25, -0.2) is 0 Å². The van der Waals surface area contributed by atoms with Gasteiger partial charge in [-0.2, -0.15) is 12.6 Å². The Kier molecular flexibility index (Phi) is 6.25. The number of thiol groups is 1. The lowest BCUT2D eigenvalue weighted by molar-refractivity contribution is -0.128. The molecule has 3 heteroatoms. The maximum absolute atomic E-state index is 11.1. The van der Waals surface area contributed by atoms with Crippen LogP contribution < -0.4 is 0 Å². The van der Waals surface area contributed by atoms with Crippen molar-refractivity contribution in [2.24, 2.45) is 0 Å². The van der Waals surface area contributed by atoms with E-state index in [4.69, 9.17) is 0 Å². The predicted octanol–water partition coefficient (Wildman–Crippen LogP) is 1.95. The van der Waals surface area contributed by atoms with Crippen LogP contribution in [0.4, 0.5) is 0 Å². The van der Waals surface area contributed by atoms with Crippen LogP contribution in [-0.4, -0.2) is 30.2 Å². The van der Waals surface area contributed by atoms with Crippen LogP contribution in [0.15, 0.2) is 0 Å². The highest BCUT2D eigenvalue weighted by molar-refractivity contribution is 7.80. The molecule has 12 heavy (non-hydrogen) atoms. The van der Waals surface area contributed by atoms with Crippen molar-refractivity contribution in [1.82, 2.24) is 4.90 Å². The minimum Gasteiger partial charge on any atom is -0.349 e. The number of carbonyl (C=O) groups excluding carboxylic acids is 1. The van der Waals surface area contributed by atoms with Crippen LogP contribution in [0.1, 0.15) is 32.6 Å². The average Bonchev–Trinajstić information content (AvgIpc) is 2.00. The van der Waals surface area contributed by atoms with E-state index in [1.165, 1.54) is 0 Å². The first-order valence-electron chi connectivity index (χ1n) is 4.46. The van der Waals surface area contributed by atoms with Crippen molar-refractivity contribution in [3.05, 3.63) is 0 Å². The highest BCUT2D eigenvalue weighted by Crippen LogP contribution is 2.11. The number of nitrogens with zero attached hydrogens (tertiary/aromatic N) is 1. The van der Waals surface area contributed by atoms with Gasteiger partial charge in [0.1, 0.15) is 0 Å². The third-order valence-electron chi connectivity index (χ3n) is 1.81. The maximum Gasteiger partial charge on any atom is 0.222 e. The lowest BCUT2D eigenvalue weighted by Gasteiger charge is -2.12. The van der Waals surface area contributed by atoms with E-state index < -0.39 is 0 Å². The summed E-state index contributed by atoms with van der Waals surface area (Å²) in [7, 11) is 3.57. The Balaban J connectivity index is 3.47. The quantitative estimate of drug-likeness (QED) is 0.655. The second kappa shape index (κ2) is 6.35. The zero-order chi connectivity index (χ0) is 9.56. The molecule has 0 saturated carbocycles. The third kappa shape index (κ3) is 5.47. The molecule has 0 bridgehead atoms. The van der Waals surface area contributed by atoms with Gasteiger partial charge in [0, 0.05) is 25.8 Å². The van der Waals surface area contributed by atoms with Crippen molar-refractivity contribution in [3.8, 4) is 0 Å². The van der Waals surface area contributed by atoms with Gasteiger partial charge in [0.25, 0.3) is 0 Å². The first kappa shape index (κ1) is 11.8. The monoisotopic (exact) mass is 189 g/mol. The Hall–Kier alpha value is -0.180. The molecule has 1 amide bonds. The molecule has 0 aromatic heterocycles. The summed E-state index contributed by atoms with van der Waals surface area (Å²) in [5.41, 5.74) is 0. The molecule has 0 spiro atoms. The minimum absolute atomic E-state index is 0.199. The van der Waals surface area contributed by atoms with Gasteiger partial charge in [0.05, 0.1) is 0 Å². The van der Waals surface area contributed by atoms with E-state index >= 15 is 0 Å². The molecule has 0 N–H and O–H groups in total. The summed E-state index contributed by atoms with van der Waals surface area (Å²) in [4.78, 5) is 12.8. The Labute approximate surface area is 80.7 Å². The van der Waals surface area contributed by atoms with Crippen LogP contribution >= 0.6 is 12.6 Å². The molecule has 0 aromatic carbocycles. The number of amides is 1. The lowest BCUT2D eigenvalue weighted by atomic mass is 10.1. The molecule has 0 aromatic rings. The minimum atomic E-state index is 0.199. The van der Waals surface area contributed by atoms with Crippen molar-refractivity contribution in [1.29, 1.82) is 0 Å². The highest BCUT2D eigenvalue weighted by Gasteiger charge is 2.07. The molecule has 0 radical (unpaired) electrons. The molecular weight excluding hydrogens is 170 g/mol. The Morgan fingerprint density at radius 1 is 1.42 bits per heavy atom. The van der Waals surface area contributed by atoms with Gasteiger partial charge in [0.15, 0.2) is 0 Å². The molecule has 1 unspecified atom stereocenters. The fraction of sp³-hybridized carbons (Fsp3) is 0.889. The van der Waals surface area contributed by atoms with Crippen molar-refractivity contribution >= 4 is 18.5 Å². The average molecular weight is 189 g/mol. The van der Waals surface area contributed by atoms with Crippen LogP contribution in [0.3, 0.4) is 0 Å². The molecule has 1 atom stereocenters. The molecule has 2 nitrogen and oxygen atoms in total. The standard InChI is InChI=1S/C9H19NOS/c1-4-5-8(12)6-7-9(11)10(2)3/h8,12H,4-7H2,1-3H3. The van der Waals surface area contributed by atoms with E-state index in [1.54, 1.807) is 19.0 Å². The zero-order valence-electron chi connectivity index (χ0n) is 8.21. The lowest BCUT2D eigenvalue weighted by Crippen LogP contribution is -2.22. The molecule has 0 heterocycles. The molecule has 0 aliphatic rings. The summed E-state index contributed by atoms with van der Waals surface area (Å²) in [5, 5.41) is 0.388. The maximum atomic E-state index is 11.1. The summed E-state index contributed by atoms with van der Waals surface area (Å²) in [6.45, 7) is 2.14. The fourth-order valence-corrected chi connectivity index (χ4v) is 1.38. The zero-order valence-corrected chi connectivity index (χ0v) is 9.10. The van der Waals surface area contributed by atoms with Crippen molar-refractivity contribution in [2.45, 2.75) is 37.9 Å². The largest absolute Gasteiger partial charge is 0.349 e. The fourth-order valence-electron chi connectivity index (χ4n) is 0.991. The summed E-state index contributed by atoms with van der Waals surface area (Å²) in [6, 6.07) is 0. The molecule has 0 aliphatic heterocycles. The van der Waals surface area contributed by atoms with E-state index in [2.05, 4.69) is 19.6 Å². The van der Waals surface area contributed by atoms with Gasteiger partial charge >= 0.3 is 0 Å². The van der Waals surface area contributed by atoms with E-state index in [0.29, 0.717) is 11.7 Å². The normalized spacial score (nSPS) is 12.7. The van der Waals surface area contributed by atoms with Crippen LogP contribution in [0.5, 0.6) is 0 Å². The first-order chi connectivity index (χ1) is 5.57. The van der Waals surface area contributed by atoms with Crippen molar-refractivity contribution in [3.63, 3.8) is 0 Å². The Morgan fingerprint density at radius 2 is 2.00 bits per heavy atom. The van der Waals surface area contributed by atoms with Gasteiger partial charge in [0.2, 0.25) is 5.91 Å². The van der Waals surface area contributed by atoms with Gasteiger partial charge in [-0.05, 0) is 12.8 Å². The first-order valence-corrected chi connectivity index (χ1v) is 4.97. The Bertz CT molecular complexity index is 136. The summed E-state index contributed by atoms with van der Waals surface area (Å²) in [5.74, 6) is 0.199. The molecule has 0 saturated heterocycles. The van der Waals surface area contributed by atoms with Gasteiger partial charge in [-0.1, -0.05) is 13.3 Å². The second-order valence-electron chi connectivity index (χ2n) is 3.27. The molecule has 0 fully saturated rings. The van der Waals surface area contributed by atoms with Gasteiger partial charge in [-0.15, -0.1) is 0 Å². The number of hydrogen-bond acceptors (Lipinski definition) is 2. The third-order valence-corrected chi connectivity index (χ3v) is 2.33. The predicted molar refractivity (Wildman–Crippen MR) is 55.6 cm³/mol. The van der Waals surface area contributed by atoms with E-state index in [-0.39, 0.29) is 5.91 Å². The SMILES string of the molecule is CCCC(S)CCC(=O)N(C)C. The summed E-state index contributed by atoms with van der Waals surface area (Å²) >= 11 is 4.38. The van der Waals surface area contributed by atoms with Gasteiger partial charge < -0.3 is 4.90 Å². The van der Waals surface area contributed by atoms with Crippen LogP contribution in [0.2, 0.25) is 0 Å². The second-order valence-corrected chi connectivity index (χ2v) is 4.00. The van der Waals surface area contributed by atoms with Crippen molar-refractivity contribution < 1.29 is 4.79 Å². The number of rotatable bonds is 5. The van der Waals surface area contributed by atoms with E-state index in [0.717, 1.165) is 19.3 Å². The number of hydrogen-bond donors (Lipinski definition) is 1. The molecule has 0 aliphatic carbocycles. The molecular formula is C9H19NOS. The van der Waals surface area contributed by atoms with E-state index in [1.807, 2.05) is 0 Å². The smallest absolute Gasteiger partial charge is 0.222 e. The molecule has 0 rings (SSSR count).